The summed E-state index contributed by atoms with van der Waals surface area (Å²) in [6.45, 7) is 0. The average molecular weight is 193 g/mol. The normalized spacial score (nSPS) is 10.4. The maximum absolute atomic E-state index is 11.2. The maximum Gasteiger partial charge on any atom is 0.356 e. The smallest absolute Gasteiger partial charge is 0.356 e. The Balaban J connectivity index is 2.68. The zero-order valence-corrected chi connectivity index (χ0v) is 7.35. The van der Waals surface area contributed by atoms with Gasteiger partial charge in [-0.25, -0.2) is 14.3 Å². The van der Waals surface area contributed by atoms with Gasteiger partial charge in [0.15, 0.2) is 5.65 Å². The number of methoxy groups -OCH3 is 1. The van der Waals surface area contributed by atoms with E-state index in [1.807, 2.05) is 0 Å². The number of nitrogens with one attached hydrogen (secondary N) is 1. The van der Waals surface area contributed by atoms with E-state index < -0.39 is 5.97 Å². The van der Waals surface area contributed by atoms with Crippen LogP contribution in [0.3, 0.4) is 0 Å². The third-order valence-corrected chi connectivity index (χ3v) is 1.78. The number of H-pyrrole nitrogens is 1. The molecular weight excluding hydrogens is 186 g/mol. The molecule has 2 aromatic rings. The van der Waals surface area contributed by atoms with E-state index in [9.17, 15) is 9.59 Å². The number of nitrogens with zero attached hydrogens (tertiary/aromatic N) is 2. The van der Waals surface area contributed by atoms with Crippen LogP contribution in [0.15, 0.2) is 23.1 Å². The van der Waals surface area contributed by atoms with Gasteiger partial charge in [-0.15, -0.1) is 0 Å². The highest BCUT2D eigenvalue weighted by molar-refractivity contribution is 5.88. The Morgan fingerprint density at radius 1 is 1.64 bits per heavy atom. The Morgan fingerprint density at radius 2 is 2.43 bits per heavy atom. The molecule has 0 saturated heterocycles. The number of esters is 1. The molecule has 0 radical (unpaired) electrons. The Morgan fingerprint density at radius 3 is 3.07 bits per heavy atom. The van der Waals surface area contributed by atoms with E-state index in [1.165, 1.54) is 30.0 Å². The van der Waals surface area contributed by atoms with Gasteiger partial charge in [-0.3, -0.25) is 9.89 Å². The molecule has 0 aromatic carbocycles. The Hall–Kier alpha value is -2.11. The van der Waals surface area contributed by atoms with Gasteiger partial charge in [0, 0.05) is 18.3 Å². The third kappa shape index (κ3) is 1.17. The van der Waals surface area contributed by atoms with E-state index in [1.54, 1.807) is 0 Å². The predicted molar refractivity (Wildman–Crippen MR) is 47.2 cm³/mol. The van der Waals surface area contributed by atoms with Gasteiger partial charge in [0.05, 0.1) is 7.11 Å². The van der Waals surface area contributed by atoms with E-state index >= 15 is 0 Å². The Labute approximate surface area is 78.1 Å². The van der Waals surface area contributed by atoms with Crippen LogP contribution >= 0.6 is 0 Å². The number of ether oxygens (including phenoxy) is 1. The summed E-state index contributed by atoms with van der Waals surface area (Å²) in [6, 6.07) is 2.75. The largest absolute Gasteiger partial charge is 0.464 e. The van der Waals surface area contributed by atoms with E-state index in [-0.39, 0.29) is 11.3 Å². The van der Waals surface area contributed by atoms with Crippen LogP contribution in [0.5, 0.6) is 0 Å². The number of carbonyl (C=O) groups excluding carboxylic acids is 1. The lowest BCUT2D eigenvalue weighted by atomic mass is 10.4. The van der Waals surface area contributed by atoms with Crippen molar-refractivity contribution in [3.8, 4) is 0 Å². The minimum Gasteiger partial charge on any atom is -0.464 e. The highest BCUT2D eigenvalue weighted by Crippen LogP contribution is 2.01. The van der Waals surface area contributed by atoms with Gasteiger partial charge in [0.25, 0.3) is 5.56 Å². The molecule has 0 aliphatic rings. The first kappa shape index (κ1) is 8.49. The first-order valence-corrected chi connectivity index (χ1v) is 3.87. The Kier molecular flexibility index (Phi) is 1.81. The average Bonchev–Trinajstić information content (AvgIpc) is 2.62. The lowest BCUT2D eigenvalue weighted by Crippen LogP contribution is -2.13. The summed E-state index contributed by atoms with van der Waals surface area (Å²) in [4.78, 5) is 26.2. The summed E-state index contributed by atoms with van der Waals surface area (Å²) in [5.74, 6) is -0.532. The summed E-state index contributed by atoms with van der Waals surface area (Å²) in [6.07, 6.45) is 1.38. The Bertz CT molecular complexity index is 540. The van der Waals surface area contributed by atoms with Crippen molar-refractivity contribution in [3.63, 3.8) is 0 Å². The fraction of sp³-hybridized carbons (Fsp3) is 0.125. The first-order chi connectivity index (χ1) is 6.72. The molecule has 2 heterocycles. The van der Waals surface area contributed by atoms with Crippen molar-refractivity contribution < 1.29 is 9.53 Å². The lowest BCUT2D eigenvalue weighted by Gasteiger charge is -1.91. The highest BCUT2D eigenvalue weighted by Gasteiger charge is 2.10. The van der Waals surface area contributed by atoms with Crippen LogP contribution in [0.1, 0.15) is 10.5 Å². The predicted octanol–water partition coefficient (Wildman–Crippen LogP) is -0.191. The topological polar surface area (TPSA) is 76.5 Å². The SMILES string of the molecule is COC(=O)c1cc2nccc(=O)n2[nH]1. The third-order valence-electron chi connectivity index (χ3n) is 1.78. The number of fused-ring (bicyclic) bond motifs is 1. The molecule has 2 aromatic heterocycles. The number of hydrogen-bond acceptors (Lipinski definition) is 4. The highest BCUT2D eigenvalue weighted by atomic mass is 16.5. The summed E-state index contributed by atoms with van der Waals surface area (Å²) in [5, 5.41) is 2.58. The number of rotatable bonds is 1. The molecule has 0 aliphatic carbocycles. The molecule has 0 atom stereocenters. The van der Waals surface area contributed by atoms with E-state index in [2.05, 4.69) is 14.8 Å². The fourth-order valence-corrected chi connectivity index (χ4v) is 1.13. The van der Waals surface area contributed by atoms with Gasteiger partial charge < -0.3 is 4.74 Å². The quantitative estimate of drug-likeness (QED) is 0.637. The van der Waals surface area contributed by atoms with Crippen LogP contribution in [0.4, 0.5) is 0 Å². The van der Waals surface area contributed by atoms with E-state index in [0.29, 0.717) is 5.65 Å². The zero-order chi connectivity index (χ0) is 10.1. The second kappa shape index (κ2) is 2.99. The molecule has 0 unspecified atom stereocenters. The van der Waals surface area contributed by atoms with E-state index in [4.69, 9.17) is 0 Å². The molecule has 6 nitrogen and oxygen atoms in total. The van der Waals surface area contributed by atoms with Gasteiger partial charge >= 0.3 is 5.97 Å². The lowest BCUT2D eigenvalue weighted by molar-refractivity contribution is 0.0593. The van der Waals surface area contributed by atoms with Crippen LogP contribution in [-0.4, -0.2) is 27.7 Å². The minimum absolute atomic E-state index is 0.198. The van der Waals surface area contributed by atoms with Crippen LogP contribution < -0.4 is 5.56 Å². The molecule has 0 aliphatic heterocycles. The monoisotopic (exact) mass is 193 g/mol. The van der Waals surface area contributed by atoms with Crippen molar-refractivity contribution in [2.75, 3.05) is 7.11 Å². The zero-order valence-electron chi connectivity index (χ0n) is 7.35. The number of aromatic nitrogens is 3. The second-order valence-electron chi connectivity index (χ2n) is 2.64. The van der Waals surface area contributed by atoms with Crippen molar-refractivity contribution in [2.24, 2.45) is 0 Å². The first-order valence-electron chi connectivity index (χ1n) is 3.87. The second-order valence-corrected chi connectivity index (χ2v) is 2.64. The van der Waals surface area contributed by atoms with Crippen molar-refractivity contribution in [1.29, 1.82) is 0 Å². The van der Waals surface area contributed by atoms with Crippen LogP contribution in [0.2, 0.25) is 0 Å². The van der Waals surface area contributed by atoms with Gasteiger partial charge in [0.2, 0.25) is 0 Å². The molecule has 0 amide bonds. The molecule has 2 rings (SSSR count). The van der Waals surface area contributed by atoms with Crippen LogP contribution in [0.25, 0.3) is 5.65 Å². The van der Waals surface area contributed by atoms with Crippen LogP contribution in [-0.2, 0) is 4.74 Å². The van der Waals surface area contributed by atoms with Crippen LogP contribution in [0, 0.1) is 0 Å². The maximum atomic E-state index is 11.2. The summed E-state index contributed by atoms with van der Waals surface area (Å²) < 4.78 is 5.67. The fourth-order valence-electron chi connectivity index (χ4n) is 1.13. The number of carbonyl (C=O) groups is 1. The summed E-state index contributed by atoms with van der Waals surface area (Å²) in [5.41, 5.74) is 0.311. The summed E-state index contributed by atoms with van der Waals surface area (Å²) >= 11 is 0. The molecule has 14 heavy (non-hydrogen) atoms. The van der Waals surface area contributed by atoms with Gasteiger partial charge in [-0.05, 0) is 0 Å². The molecule has 0 spiro atoms. The van der Waals surface area contributed by atoms with Gasteiger partial charge in [-0.2, -0.15) is 0 Å². The molecule has 1 N–H and O–H groups in total. The number of hydrogen-bond donors (Lipinski definition) is 1. The standard InChI is InChI=1S/C8H7N3O3/c1-14-8(13)5-4-6-9-3-2-7(12)11(6)10-5/h2-4,10H,1H3. The molecule has 72 valence electrons. The molecule has 0 bridgehead atoms. The van der Waals surface area contributed by atoms with Crippen molar-refractivity contribution in [1.82, 2.24) is 14.6 Å². The summed E-state index contributed by atoms with van der Waals surface area (Å²) in [7, 11) is 1.27. The molecule has 0 saturated carbocycles. The molecule has 0 fully saturated rings. The molecular formula is C8H7N3O3. The molecule has 6 heteroatoms. The van der Waals surface area contributed by atoms with Crippen molar-refractivity contribution >= 4 is 11.6 Å². The van der Waals surface area contributed by atoms with Crippen molar-refractivity contribution in [2.45, 2.75) is 0 Å². The van der Waals surface area contributed by atoms with Crippen molar-refractivity contribution in [3.05, 3.63) is 34.4 Å². The number of aromatic amines is 1. The van der Waals surface area contributed by atoms with Gasteiger partial charge in [0.1, 0.15) is 5.69 Å². The van der Waals surface area contributed by atoms with Gasteiger partial charge in [-0.1, -0.05) is 0 Å². The van der Waals surface area contributed by atoms with E-state index in [0.717, 1.165) is 0 Å². The minimum atomic E-state index is -0.532.